The third-order valence-electron chi connectivity index (χ3n) is 1.59. The lowest BCUT2D eigenvalue weighted by molar-refractivity contribution is 0.839. The van der Waals surface area contributed by atoms with Crippen molar-refractivity contribution in [2.45, 2.75) is 6.92 Å². The smallest absolute Gasteiger partial charge is 0.201 e. The van der Waals surface area contributed by atoms with E-state index in [0.717, 1.165) is 5.82 Å². The van der Waals surface area contributed by atoms with Crippen molar-refractivity contribution >= 4 is 11.5 Å². The van der Waals surface area contributed by atoms with E-state index < -0.39 is 0 Å². The predicted molar refractivity (Wildman–Crippen MR) is 40.3 cm³/mol. The van der Waals surface area contributed by atoms with Crippen molar-refractivity contribution < 1.29 is 0 Å². The number of nitrogens with zero attached hydrogens (tertiary/aromatic N) is 4. The highest BCUT2D eigenvalue weighted by atomic mass is 15.5. The Morgan fingerprint density at radius 3 is 2.91 bits per heavy atom. The SMILES string of the molecule is Cc1nn(N)c2c(N)ncn12. The Kier molecular flexibility index (Phi) is 0.906. The first-order valence-corrected chi connectivity index (χ1v) is 3.13. The lowest BCUT2D eigenvalue weighted by atomic mass is 10.7. The third-order valence-corrected chi connectivity index (χ3v) is 1.59. The molecule has 58 valence electrons. The zero-order chi connectivity index (χ0) is 8.01. The van der Waals surface area contributed by atoms with Gasteiger partial charge in [-0.25, -0.2) is 4.98 Å². The molecule has 0 fully saturated rings. The quantitative estimate of drug-likeness (QED) is 0.480. The summed E-state index contributed by atoms with van der Waals surface area (Å²) >= 11 is 0. The fourth-order valence-corrected chi connectivity index (χ4v) is 1.07. The summed E-state index contributed by atoms with van der Waals surface area (Å²) in [6, 6.07) is 0. The Hall–Kier alpha value is -1.72. The normalized spacial score (nSPS) is 11.0. The van der Waals surface area contributed by atoms with Crippen LogP contribution in [0.4, 0.5) is 5.82 Å². The minimum absolute atomic E-state index is 0.396. The molecule has 0 saturated carbocycles. The van der Waals surface area contributed by atoms with Gasteiger partial charge in [0.25, 0.3) is 0 Å². The van der Waals surface area contributed by atoms with Crippen LogP contribution in [0.3, 0.4) is 0 Å². The maximum absolute atomic E-state index is 5.52. The first-order valence-electron chi connectivity index (χ1n) is 3.13. The van der Waals surface area contributed by atoms with Crippen LogP contribution in [0.15, 0.2) is 6.33 Å². The summed E-state index contributed by atoms with van der Waals surface area (Å²) in [5.41, 5.74) is 6.14. The molecule has 0 amide bonds. The van der Waals surface area contributed by atoms with Crippen LogP contribution in [0.1, 0.15) is 5.82 Å². The van der Waals surface area contributed by atoms with Crippen molar-refractivity contribution in [1.82, 2.24) is 19.3 Å². The molecule has 0 aliphatic rings. The molecule has 0 aliphatic heterocycles. The molecule has 0 aromatic carbocycles. The second-order valence-corrected chi connectivity index (χ2v) is 2.32. The van der Waals surface area contributed by atoms with Crippen LogP contribution in [-0.4, -0.2) is 19.3 Å². The number of hydrogen-bond acceptors (Lipinski definition) is 4. The van der Waals surface area contributed by atoms with Crippen molar-refractivity contribution in [3.63, 3.8) is 0 Å². The number of nitrogen functional groups attached to an aromatic ring is 2. The second-order valence-electron chi connectivity index (χ2n) is 2.32. The van der Waals surface area contributed by atoms with E-state index in [0.29, 0.717) is 11.5 Å². The van der Waals surface area contributed by atoms with E-state index in [4.69, 9.17) is 11.6 Å². The highest BCUT2D eigenvalue weighted by Gasteiger charge is 2.08. The van der Waals surface area contributed by atoms with Gasteiger partial charge >= 0.3 is 0 Å². The number of nitrogens with two attached hydrogens (primary N) is 2. The van der Waals surface area contributed by atoms with E-state index in [1.54, 1.807) is 10.7 Å². The van der Waals surface area contributed by atoms with Crippen LogP contribution in [-0.2, 0) is 0 Å². The van der Waals surface area contributed by atoms with E-state index in [9.17, 15) is 0 Å². The monoisotopic (exact) mass is 152 g/mol. The van der Waals surface area contributed by atoms with Crippen LogP contribution in [0.25, 0.3) is 5.65 Å². The summed E-state index contributed by atoms with van der Waals surface area (Å²) in [6.07, 6.45) is 1.59. The van der Waals surface area contributed by atoms with E-state index in [1.165, 1.54) is 4.79 Å². The van der Waals surface area contributed by atoms with Crippen LogP contribution in [0.2, 0.25) is 0 Å². The van der Waals surface area contributed by atoms with E-state index in [-0.39, 0.29) is 0 Å². The molecule has 0 atom stereocenters. The standard InChI is InChI=1S/C5H8N6/c1-3-9-11(7)5-4(6)8-2-10(3)5/h2H,6-7H2,1H3. The fraction of sp³-hybridized carbons (Fsp3) is 0.200. The average molecular weight is 152 g/mol. The van der Waals surface area contributed by atoms with Gasteiger partial charge in [-0.1, -0.05) is 0 Å². The highest BCUT2D eigenvalue weighted by molar-refractivity contribution is 5.60. The summed E-state index contributed by atoms with van der Waals surface area (Å²) in [4.78, 5) is 5.10. The van der Waals surface area contributed by atoms with E-state index in [2.05, 4.69) is 10.1 Å². The van der Waals surface area contributed by atoms with Crippen LogP contribution in [0.5, 0.6) is 0 Å². The minimum Gasteiger partial charge on any atom is -0.380 e. The Bertz CT molecular complexity index is 396. The first kappa shape index (κ1) is 6.02. The topological polar surface area (TPSA) is 87.2 Å². The largest absolute Gasteiger partial charge is 0.380 e. The molecule has 0 spiro atoms. The van der Waals surface area contributed by atoms with Crippen LogP contribution >= 0.6 is 0 Å². The van der Waals surface area contributed by atoms with Gasteiger partial charge in [-0.3, -0.25) is 4.40 Å². The summed E-state index contributed by atoms with van der Waals surface area (Å²) in [5, 5.41) is 3.95. The van der Waals surface area contributed by atoms with Gasteiger partial charge in [0.2, 0.25) is 5.65 Å². The second kappa shape index (κ2) is 1.66. The van der Waals surface area contributed by atoms with Gasteiger partial charge in [-0.2, -0.15) is 4.79 Å². The molecule has 2 heterocycles. The average Bonchev–Trinajstić information content (AvgIpc) is 2.41. The molecule has 0 bridgehead atoms. The maximum Gasteiger partial charge on any atom is 0.201 e. The lowest BCUT2D eigenvalue weighted by Gasteiger charge is -1.87. The van der Waals surface area contributed by atoms with Gasteiger partial charge in [0, 0.05) is 0 Å². The predicted octanol–water partition coefficient (Wildman–Crippen LogP) is -0.865. The highest BCUT2D eigenvalue weighted by Crippen LogP contribution is 2.10. The number of aromatic nitrogens is 4. The molecule has 2 rings (SSSR count). The van der Waals surface area contributed by atoms with Crippen LogP contribution < -0.4 is 11.6 Å². The Morgan fingerprint density at radius 1 is 1.55 bits per heavy atom. The molecule has 0 radical (unpaired) electrons. The molecule has 4 N–H and O–H groups in total. The molecule has 11 heavy (non-hydrogen) atoms. The van der Waals surface area contributed by atoms with Gasteiger partial charge in [-0.05, 0) is 6.92 Å². The third kappa shape index (κ3) is 0.603. The minimum atomic E-state index is 0.396. The number of hydrogen-bond donors (Lipinski definition) is 2. The number of rotatable bonds is 0. The molecule has 6 heteroatoms. The van der Waals surface area contributed by atoms with E-state index >= 15 is 0 Å². The maximum atomic E-state index is 5.52. The van der Waals surface area contributed by atoms with Gasteiger partial charge in [-0.15, -0.1) is 5.10 Å². The van der Waals surface area contributed by atoms with Gasteiger partial charge in [0.15, 0.2) is 5.82 Å². The molecule has 2 aromatic heterocycles. The molecule has 0 saturated heterocycles. The molecular formula is C5H8N6. The fourth-order valence-electron chi connectivity index (χ4n) is 1.07. The molecular weight excluding hydrogens is 144 g/mol. The van der Waals surface area contributed by atoms with Crippen molar-refractivity contribution in [2.75, 3.05) is 11.6 Å². The van der Waals surface area contributed by atoms with Gasteiger partial charge in [0.05, 0.1) is 0 Å². The molecule has 2 aromatic rings. The van der Waals surface area contributed by atoms with Gasteiger partial charge < -0.3 is 11.6 Å². The number of anilines is 1. The summed E-state index contributed by atoms with van der Waals surface area (Å²) in [5.74, 6) is 6.65. The van der Waals surface area contributed by atoms with Crippen LogP contribution in [0, 0.1) is 6.92 Å². The van der Waals surface area contributed by atoms with Crippen molar-refractivity contribution in [3.8, 4) is 0 Å². The number of fused-ring (bicyclic) bond motifs is 1. The van der Waals surface area contributed by atoms with Crippen molar-refractivity contribution in [1.29, 1.82) is 0 Å². The molecule has 0 aliphatic carbocycles. The van der Waals surface area contributed by atoms with Crippen molar-refractivity contribution in [3.05, 3.63) is 12.2 Å². The number of imidazole rings is 1. The zero-order valence-corrected chi connectivity index (χ0v) is 6.02. The Balaban J connectivity index is 2.98. The van der Waals surface area contributed by atoms with Gasteiger partial charge in [0.1, 0.15) is 12.2 Å². The number of aryl methyl sites for hydroxylation is 1. The lowest BCUT2D eigenvalue weighted by Crippen LogP contribution is -2.10. The Morgan fingerprint density at radius 2 is 2.27 bits per heavy atom. The molecule has 6 nitrogen and oxygen atoms in total. The van der Waals surface area contributed by atoms with E-state index in [1.807, 2.05) is 6.92 Å². The van der Waals surface area contributed by atoms with Crippen molar-refractivity contribution in [2.24, 2.45) is 0 Å². The molecule has 0 unspecified atom stereocenters. The first-order chi connectivity index (χ1) is 5.20. The summed E-state index contributed by atoms with van der Waals surface area (Å²) in [7, 11) is 0. The summed E-state index contributed by atoms with van der Waals surface area (Å²) < 4.78 is 1.73. The zero-order valence-electron chi connectivity index (χ0n) is 6.02. The Labute approximate surface area is 62.4 Å². The summed E-state index contributed by atoms with van der Waals surface area (Å²) in [6.45, 7) is 1.83.